The molecule has 0 saturated carbocycles. The maximum atomic E-state index is 13.7. The van der Waals surface area contributed by atoms with Crippen molar-refractivity contribution < 1.29 is 9.59 Å². The van der Waals surface area contributed by atoms with Crippen molar-refractivity contribution in [3.63, 3.8) is 0 Å². The molecule has 7 heteroatoms. The van der Waals surface area contributed by atoms with E-state index in [-0.39, 0.29) is 22.6 Å². The van der Waals surface area contributed by atoms with Crippen molar-refractivity contribution in [2.45, 2.75) is 96.4 Å². The van der Waals surface area contributed by atoms with Crippen LogP contribution in [0.3, 0.4) is 0 Å². The molecule has 0 bridgehead atoms. The maximum Gasteiger partial charge on any atom is 0.245 e. The SMILES string of the molecule is CC(=O)NC(Cc1c[nH]c2ccc(C)cc12)C(=O)N1CCC(c2nc(-c3ccc4c(c3)C(C)(C)CCC4(C)C)cs2)CC1. The molecule has 1 fully saturated rings. The number of amides is 2. The molecule has 2 aromatic carbocycles. The van der Waals surface area contributed by atoms with Crippen molar-refractivity contribution in [2.24, 2.45) is 0 Å². The van der Waals surface area contributed by atoms with Crippen LogP contribution < -0.4 is 5.32 Å². The minimum atomic E-state index is -0.585. The van der Waals surface area contributed by atoms with E-state index in [4.69, 9.17) is 4.98 Å². The summed E-state index contributed by atoms with van der Waals surface area (Å²) in [5.41, 5.74) is 8.81. The summed E-state index contributed by atoms with van der Waals surface area (Å²) in [6.45, 7) is 14.3. The third-order valence-corrected chi connectivity index (χ3v) is 10.9. The lowest BCUT2D eigenvalue weighted by Crippen LogP contribution is -2.51. The number of aromatic amines is 1. The molecule has 226 valence electrons. The van der Waals surface area contributed by atoms with Gasteiger partial charge in [-0.3, -0.25) is 9.59 Å². The summed E-state index contributed by atoms with van der Waals surface area (Å²) in [7, 11) is 0. The number of hydrogen-bond acceptors (Lipinski definition) is 4. The number of aryl methyl sites for hydroxylation is 1. The first-order valence-corrected chi connectivity index (χ1v) is 16.5. The summed E-state index contributed by atoms with van der Waals surface area (Å²) in [6, 6.07) is 12.6. The average molecular weight is 597 g/mol. The number of H-pyrrole nitrogens is 1. The molecule has 6 rings (SSSR count). The van der Waals surface area contributed by atoms with Gasteiger partial charge < -0.3 is 15.2 Å². The molecule has 2 aromatic heterocycles. The van der Waals surface area contributed by atoms with Crippen LogP contribution in [0.2, 0.25) is 0 Å². The molecule has 2 N–H and O–H groups in total. The zero-order chi connectivity index (χ0) is 30.5. The van der Waals surface area contributed by atoms with Gasteiger partial charge in [-0.1, -0.05) is 51.5 Å². The van der Waals surface area contributed by atoms with Crippen molar-refractivity contribution in [1.82, 2.24) is 20.2 Å². The van der Waals surface area contributed by atoms with Gasteiger partial charge in [-0.15, -0.1) is 11.3 Å². The van der Waals surface area contributed by atoms with E-state index in [1.807, 2.05) is 11.1 Å². The average Bonchev–Trinajstić information content (AvgIpc) is 3.62. The van der Waals surface area contributed by atoms with Crippen molar-refractivity contribution in [1.29, 1.82) is 0 Å². The van der Waals surface area contributed by atoms with Crippen LogP contribution in [-0.2, 0) is 26.8 Å². The number of thiazole rings is 1. The predicted molar refractivity (Wildman–Crippen MR) is 176 cm³/mol. The van der Waals surface area contributed by atoms with Gasteiger partial charge in [0.2, 0.25) is 11.8 Å². The molecule has 43 heavy (non-hydrogen) atoms. The van der Waals surface area contributed by atoms with Gasteiger partial charge in [0.15, 0.2) is 0 Å². The number of carbonyl (C=O) groups excluding carboxylic acids is 2. The van der Waals surface area contributed by atoms with E-state index in [2.05, 4.69) is 86.7 Å². The second kappa shape index (κ2) is 11.2. The van der Waals surface area contributed by atoms with E-state index in [1.54, 1.807) is 11.3 Å². The third-order valence-electron chi connectivity index (χ3n) is 9.85. The van der Waals surface area contributed by atoms with Crippen LogP contribution in [0.4, 0.5) is 0 Å². The van der Waals surface area contributed by atoms with E-state index >= 15 is 0 Å². The van der Waals surface area contributed by atoms with Crippen LogP contribution >= 0.6 is 11.3 Å². The standard InChI is InChI=1S/C36H44N4O2S/c1-22-7-10-30-27(17-22)26(20-37-30)19-31(38-23(2)41)34(42)40-15-11-24(12-16-40)33-39-32(21-43-33)25-8-9-28-29(18-25)36(5,6)14-13-35(28,3)4/h7-10,17-18,20-21,24,31,37H,11-16,19H2,1-6H3,(H,38,41). The molecule has 6 nitrogen and oxygen atoms in total. The van der Waals surface area contributed by atoms with Crippen molar-refractivity contribution in [3.8, 4) is 11.3 Å². The van der Waals surface area contributed by atoms with Crippen molar-refractivity contribution >= 4 is 34.1 Å². The fourth-order valence-corrected chi connectivity index (χ4v) is 8.05. The van der Waals surface area contributed by atoms with Gasteiger partial charge in [-0.25, -0.2) is 4.98 Å². The first-order valence-electron chi connectivity index (χ1n) is 15.6. The van der Waals surface area contributed by atoms with Gasteiger partial charge in [-0.2, -0.15) is 0 Å². The number of benzene rings is 2. The zero-order valence-electron chi connectivity index (χ0n) is 26.3. The number of likely N-dealkylation sites (tertiary alicyclic amines) is 1. The van der Waals surface area contributed by atoms with Gasteiger partial charge >= 0.3 is 0 Å². The highest BCUT2D eigenvalue weighted by Gasteiger charge is 2.37. The van der Waals surface area contributed by atoms with E-state index in [0.717, 1.165) is 40.0 Å². The molecule has 4 aromatic rings. The highest BCUT2D eigenvalue weighted by molar-refractivity contribution is 7.10. The Morgan fingerprint density at radius 1 is 1.05 bits per heavy atom. The van der Waals surface area contributed by atoms with Crippen LogP contribution in [0.25, 0.3) is 22.2 Å². The van der Waals surface area contributed by atoms with Crippen LogP contribution in [0, 0.1) is 6.92 Å². The van der Waals surface area contributed by atoms with Crippen LogP contribution in [0.5, 0.6) is 0 Å². The number of rotatable bonds is 6. The number of aromatic nitrogens is 2. The minimum Gasteiger partial charge on any atom is -0.361 e. The summed E-state index contributed by atoms with van der Waals surface area (Å²) in [6.07, 6.45) is 6.59. The summed E-state index contributed by atoms with van der Waals surface area (Å²) < 4.78 is 0. The summed E-state index contributed by atoms with van der Waals surface area (Å²) in [5.74, 6) is 0.149. The number of carbonyl (C=O) groups is 2. The molecule has 2 aliphatic rings. The Labute approximate surface area is 259 Å². The lowest BCUT2D eigenvalue weighted by molar-refractivity contribution is -0.137. The summed E-state index contributed by atoms with van der Waals surface area (Å²) in [5, 5.41) is 7.40. The molecular formula is C36H44N4O2S. The van der Waals surface area contributed by atoms with Crippen LogP contribution in [-0.4, -0.2) is 45.8 Å². The first-order chi connectivity index (χ1) is 20.4. The van der Waals surface area contributed by atoms with E-state index in [1.165, 1.54) is 42.0 Å². The third kappa shape index (κ3) is 5.88. The van der Waals surface area contributed by atoms with Crippen molar-refractivity contribution in [3.05, 3.63) is 75.2 Å². The number of nitrogens with zero attached hydrogens (tertiary/aromatic N) is 2. The molecule has 1 atom stereocenters. The maximum absolute atomic E-state index is 13.7. The molecule has 1 saturated heterocycles. The van der Waals surface area contributed by atoms with Crippen LogP contribution in [0.1, 0.15) is 93.5 Å². The predicted octanol–water partition coefficient (Wildman–Crippen LogP) is 7.40. The molecule has 0 radical (unpaired) electrons. The highest BCUT2D eigenvalue weighted by atomic mass is 32.1. The van der Waals surface area contributed by atoms with Gasteiger partial charge in [0.05, 0.1) is 10.7 Å². The normalized spacial score (nSPS) is 18.8. The van der Waals surface area contributed by atoms with Gasteiger partial charge in [0, 0.05) is 60.4 Å². The fraction of sp³-hybridized carbons (Fsp3) is 0.472. The zero-order valence-corrected chi connectivity index (χ0v) is 27.2. The Balaban J connectivity index is 1.14. The fourth-order valence-electron chi connectivity index (χ4n) is 7.05. The number of nitrogens with one attached hydrogen (secondary N) is 2. The summed E-state index contributed by atoms with van der Waals surface area (Å²) >= 11 is 1.74. The lowest BCUT2D eigenvalue weighted by Gasteiger charge is -2.42. The quantitative estimate of drug-likeness (QED) is 0.243. The van der Waals surface area contributed by atoms with E-state index in [0.29, 0.717) is 25.4 Å². The monoisotopic (exact) mass is 596 g/mol. The van der Waals surface area contributed by atoms with Gasteiger partial charge in [-0.05, 0) is 78.3 Å². The Morgan fingerprint density at radius 2 is 1.77 bits per heavy atom. The number of fused-ring (bicyclic) bond motifs is 2. The van der Waals surface area contributed by atoms with Crippen molar-refractivity contribution in [2.75, 3.05) is 13.1 Å². The van der Waals surface area contributed by atoms with Crippen LogP contribution in [0.15, 0.2) is 48.0 Å². The minimum absolute atomic E-state index is 0.00456. The molecule has 1 aliphatic heterocycles. The highest BCUT2D eigenvalue weighted by Crippen LogP contribution is 2.47. The smallest absolute Gasteiger partial charge is 0.245 e. The van der Waals surface area contributed by atoms with Gasteiger partial charge in [0.25, 0.3) is 0 Å². The topological polar surface area (TPSA) is 78.1 Å². The Morgan fingerprint density at radius 3 is 2.49 bits per heavy atom. The summed E-state index contributed by atoms with van der Waals surface area (Å²) in [4.78, 5) is 36.2. The first kappa shape index (κ1) is 29.6. The van der Waals surface area contributed by atoms with E-state index in [9.17, 15) is 9.59 Å². The molecule has 0 spiro atoms. The molecule has 1 unspecified atom stereocenters. The Kier molecular flexibility index (Phi) is 7.74. The lowest BCUT2D eigenvalue weighted by atomic mass is 9.63. The Hall–Kier alpha value is -3.45. The molecule has 2 amide bonds. The molecule has 1 aliphatic carbocycles. The van der Waals surface area contributed by atoms with E-state index < -0.39 is 6.04 Å². The van der Waals surface area contributed by atoms with Gasteiger partial charge in [0.1, 0.15) is 6.04 Å². The second-order valence-electron chi connectivity index (χ2n) is 14.0. The Bertz CT molecular complexity index is 1670. The molecular weight excluding hydrogens is 552 g/mol. The second-order valence-corrected chi connectivity index (χ2v) is 14.9. The molecule has 3 heterocycles. The number of piperidine rings is 1. The number of hydrogen-bond donors (Lipinski definition) is 2. The largest absolute Gasteiger partial charge is 0.361 e.